The number of piperazine rings is 1. The molecule has 7 nitrogen and oxygen atoms in total. The van der Waals surface area contributed by atoms with Gasteiger partial charge in [-0.1, -0.05) is 6.07 Å². The molecule has 1 N–H and O–H groups in total. The Hall–Kier alpha value is -3.62. The van der Waals surface area contributed by atoms with Gasteiger partial charge in [-0.05, 0) is 36.4 Å². The Labute approximate surface area is 166 Å². The summed E-state index contributed by atoms with van der Waals surface area (Å²) in [5, 5.41) is 11.5. The number of nitrogens with zero attached hydrogens (tertiary/aromatic N) is 5. The second kappa shape index (κ2) is 8.17. The molecule has 3 heterocycles. The first-order chi connectivity index (χ1) is 14.1. The fraction of sp³-hybridized carbons (Fsp3) is 0.200. The molecule has 4 rings (SSSR count). The van der Waals surface area contributed by atoms with Crippen molar-refractivity contribution in [2.24, 2.45) is 0 Å². The van der Waals surface area contributed by atoms with E-state index in [4.69, 9.17) is 0 Å². The van der Waals surface area contributed by atoms with E-state index in [2.05, 4.69) is 20.5 Å². The van der Waals surface area contributed by atoms with Crippen molar-refractivity contribution in [1.82, 2.24) is 20.1 Å². The molecule has 9 heteroatoms. The fourth-order valence-corrected chi connectivity index (χ4v) is 3.14. The van der Waals surface area contributed by atoms with E-state index in [-0.39, 0.29) is 0 Å². The number of amides is 1. The summed E-state index contributed by atoms with van der Waals surface area (Å²) in [6.07, 6.45) is 3.36. The van der Waals surface area contributed by atoms with Gasteiger partial charge < -0.3 is 15.1 Å². The van der Waals surface area contributed by atoms with Crippen LogP contribution in [0.3, 0.4) is 0 Å². The number of nitrogens with one attached hydrogen (secondary N) is 1. The lowest BCUT2D eigenvalue weighted by Gasteiger charge is -2.35. The van der Waals surface area contributed by atoms with Crippen molar-refractivity contribution in [2.45, 2.75) is 0 Å². The lowest BCUT2D eigenvalue weighted by atomic mass is 10.1. The molecule has 0 aliphatic carbocycles. The molecule has 0 atom stereocenters. The summed E-state index contributed by atoms with van der Waals surface area (Å²) in [6.45, 7) is 1.66. The van der Waals surface area contributed by atoms with E-state index in [9.17, 15) is 13.6 Å². The number of benzene rings is 1. The summed E-state index contributed by atoms with van der Waals surface area (Å²) in [6, 6.07) is 10.7. The van der Waals surface area contributed by atoms with E-state index in [1.165, 1.54) is 11.0 Å². The van der Waals surface area contributed by atoms with Crippen molar-refractivity contribution >= 4 is 23.2 Å². The summed E-state index contributed by atoms with van der Waals surface area (Å²) in [5.74, 6) is -1.05. The van der Waals surface area contributed by atoms with Gasteiger partial charge in [0.25, 0.3) is 5.91 Å². The molecule has 0 unspecified atom stereocenters. The third-order valence-corrected chi connectivity index (χ3v) is 4.67. The summed E-state index contributed by atoms with van der Waals surface area (Å²) < 4.78 is 27.7. The molecule has 1 saturated heterocycles. The number of hydrogen-bond donors (Lipinski definition) is 1. The Bertz CT molecular complexity index is 971. The molecule has 1 amide bonds. The fourth-order valence-electron chi connectivity index (χ4n) is 3.14. The Balaban J connectivity index is 1.37. The van der Waals surface area contributed by atoms with Gasteiger partial charge in [0.05, 0.1) is 0 Å². The number of rotatable bonds is 4. The maximum absolute atomic E-state index is 13.9. The Kier molecular flexibility index (Phi) is 5.28. The molecule has 1 aliphatic heterocycles. The summed E-state index contributed by atoms with van der Waals surface area (Å²) in [7, 11) is 0. The van der Waals surface area contributed by atoms with Gasteiger partial charge in [-0.3, -0.25) is 9.78 Å². The number of carbonyl (C=O) groups is 1. The second-order valence-electron chi connectivity index (χ2n) is 6.51. The van der Waals surface area contributed by atoms with Crippen molar-refractivity contribution < 1.29 is 13.6 Å². The third kappa shape index (κ3) is 4.13. The van der Waals surface area contributed by atoms with E-state index in [0.29, 0.717) is 37.8 Å². The van der Waals surface area contributed by atoms with Crippen molar-refractivity contribution in [2.75, 3.05) is 36.4 Å². The zero-order valence-electron chi connectivity index (χ0n) is 15.4. The predicted molar refractivity (Wildman–Crippen MR) is 104 cm³/mol. The maximum Gasteiger partial charge on any atom is 0.259 e. The molecular weight excluding hydrogens is 378 g/mol. The van der Waals surface area contributed by atoms with Crippen LogP contribution in [0.25, 0.3) is 0 Å². The average Bonchev–Trinajstić information content (AvgIpc) is 2.75. The van der Waals surface area contributed by atoms with Gasteiger partial charge >= 0.3 is 0 Å². The lowest BCUT2D eigenvalue weighted by molar-refractivity contribution is 0.0736. The minimum absolute atomic E-state index is 0.339. The first kappa shape index (κ1) is 18.7. The molecule has 29 heavy (non-hydrogen) atoms. The van der Waals surface area contributed by atoms with Crippen LogP contribution in [0, 0.1) is 11.6 Å². The van der Waals surface area contributed by atoms with Crippen LogP contribution in [0.15, 0.2) is 54.9 Å². The van der Waals surface area contributed by atoms with E-state index >= 15 is 0 Å². The monoisotopic (exact) mass is 396 g/mol. The quantitative estimate of drug-likeness (QED) is 0.731. The van der Waals surface area contributed by atoms with Crippen LogP contribution in [-0.2, 0) is 0 Å². The number of halogens is 2. The molecule has 0 spiro atoms. The molecule has 0 saturated carbocycles. The predicted octanol–water partition coefficient (Wildman–Crippen LogP) is 2.86. The largest absolute Gasteiger partial charge is 0.352 e. The Morgan fingerprint density at radius 2 is 1.59 bits per heavy atom. The highest BCUT2D eigenvalue weighted by atomic mass is 19.1. The number of hydrogen-bond acceptors (Lipinski definition) is 6. The van der Waals surface area contributed by atoms with E-state index in [1.54, 1.807) is 12.4 Å². The summed E-state index contributed by atoms with van der Waals surface area (Å²) in [5.41, 5.74) is 0.349. The van der Waals surface area contributed by atoms with Crippen LogP contribution in [0.1, 0.15) is 10.4 Å². The number of carbonyl (C=O) groups excluding carboxylic acids is 1. The van der Waals surface area contributed by atoms with Gasteiger partial charge in [0.15, 0.2) is 11.6 Å². The standard InChI is InChI=1S/C20H18F2N6O/c21-15-2-1-3-16(22)19(15)20(29)28-12-10-27(11-13-28)18-5-4-17(25-26-18)24-14-6-8-23-9-7-14/h1-9H,10-13H2,(H,23,24,25). The van der Waals surface area contributed by atoms with Crippen LogP contribution >= 0.6 is 0 Å². The minimum atomic E-state index is -0.847. The molecule has 1 aliphatic rings. The Morgan fingerprint density at radius 1 is 0.897 bits per heavy atom. The van der Waals surface area contributed by atoms with Crippen LogP contribution in [0.2, 0.25) is 0 Å². The number of aromatic nitrogens is 3. The molecule has 0 radical (unpaired) electrons. The molecule has 148 valence electrons. The first-order valence-corrected chi connectivity index (χ1v) is 9.11. The normalized spacial score (nSPS) is 14.0. The highest BCUT2D eigenvalue weighted by Crippen LogP contribution is 2.19. The maximum atomic E-state index is 13.9. The summed E-state index contributed by atoms with van der Waals surface area (Å²) in [4.78, 5) is 19.9. The molecule has 2 aromatic heterocycles. The van der Waals surface area contributed by atoms with E-state index in [1.807, 2.05) is 29.2 Å². The molecule has 1 fully saturated rings. The van der Waals surface area contributed by atoms with Gasteiger partial charge in [-0.25, -0.2) is 8.78 Å². The highest BCUT2D eigenvalue weighted by Gasteiger charge is 2.27. The van der Waals surface area contributed by atoms with Crippen LogP contribution in [0.4, 0.5) is 26.1 Å². The zero-order valence-corrected chi connectivity index (χ0v) is 15.4. The number of pyridine rings is 1. The Morgan fingerprint density at radius 3 is 2.21 bits per heavy atom. The van der Waals surface area contributed by atoms with Crippen molar-refractivity contribution in [3.05, 3.63) is 72.1 Å². The van der Waals surface area contributed by atoms with Crippen molar-refractivity contribution in [3.63, 3.8) is 0 Å². The molecule has 0 bridgehead atoms. The van der Waals surface area contributed by atoms with Gasteiger partial charge in [0, 0.05) is 44.3 Å². The van der Waals surface area contributed by atoms with Gasteiger partial charge in [-0.2, -0.15) is 0 Å². The van der Waals surface area contributed by atoms with Gasteiger partial charge in [0.1, 0.15) is 17.2 Å². The first-order valence-electron chi connectivity index (χ1n) is 9.11. The molecule has 3 aromatic rings. The van der Waals surface area contributed by atoms with Crippen molar-refractivity contribution in [3.8, 4) is 0 Å². The molecular formula is C20H18F2N6O. The second-order valence-corrected chi connectivity index (χ2v) is 6.51. The topological polar surface area (TPSA) is 74.2 Å². The molecule has 1 aromatic carbocycles. The average molecular weight is 396 g/mol. The van der Waals surface area contributed by atoms with Crippen LogP contribution < -0.4 is 10.2 Å². The number of anilines is 3. The van der Waals surface area contributed by atoms with E-state index in [0.717, 1.165) is 17.8 Å². The van der Waals surface area contributed by atoms with Crippen molar-refractivity contribution in [1.29, 1.82) is 0 Å². The highest BCUT2D eigenvalue weighted by molar-refractivity contribution is 5.95. The lowest BCUT2D eigenvalue weighted by Crippen LogP contribution is -2.49. The summed E-state index contributed by atoms with van der Waals surface area (Å²) >= 11 is 0. The third-order valence-electron chi connectivity index (χ3n) is 4.67. The van der Waals surface area contributed by atoms with Crippen LogP contribution in [-0.4, -0.2) is 52.2 Å². The minimum Gasteiger partial charge on any atom is -0.352 e. The SMILES string of the molecule is O=C(c1c(F)cccc1F)N1CCN(c2ccc(Nc3ccncc3)nn2)CC1. The van der Waals surface area contributed by atoms with Crippen LogP contribution in [0.5, 0.6) is 0 Å². The van der Waals surface area contributed by atoms with Gasteiger partial charge in [-0.15, -0.1) is 10.2 Å². The van der Waals surface area contributed by atoms with Gasteiger partial charge in [0.2, 0.25) is 0 Å². The smallest absolute Gasteiger partial charge is 0.259 e. The zero-order chi connectivity index (χ0) is 20.2. The van der Waals surface area contributed by atoms with E-state index < -0.39 is 23.1 Å².